The number of fused-ring (bicyclic) bond motifs is 1. The van der Waals surface area contributed by atoms with Gasteiger partial charge in [0.05, 0.1) is 15.9 Å². The van der Waals surface area contributed by atoms with Crippen molar-refractivity contribution in [3.63, 3.8) is 0 Å². The fourth-order valence-corrected chi connectivity index (χ4v) is 3.69. The third kappa shape index (κ3) is 2.34. The van der Waals surface area contributed by atoms with Crippen molar-refractivity contribution >= 4 is 33.8 Å². The molecule has 2 aromatic carbocycles. The number of H-pyrrole nitrogens is 1. The van der Waals surface area contributed by atoms with Gasteiger partial charge in [0.2, 0.25) is 9.90 Å². The van der Waals surface area contributed by atoms with E-state index in [4.69, 9.17) is 12.2 Å². The number of para-hydroxylation sites is 1. The van der Waals surface area contributed by atoms with Gasteiger partial charge in [0.25, 0.3) is 0 Å². The van der Waals surface area contributed by atoms with Crippen LogP contribution in [0.2, 0.25) is 0 Å². The van der Waals surface area contributed by atoms with E-state index in [1.165, 1.54) is 15.9 Å². The van der Waals surface area contributed by atoms with Gasteiger partial charge in [-0.3, -0.25) is 0 Å². The third-order valence-electron chi connectivity index (χ3n) is 3.56. The number of hydrogen-bond acceptors (Lipinski definition) is 4. The second-order valence-electron chi connectivity index (χ2n) is 5.17. The second-order valence-corrected chi connectivity index (χ2v) is 6.54. The van der Waals surface area contributed by atoms with E-state index in [1.807, 2.05) is 55.5 Å². The number of nitrogens with zero attached hydrogens (tertiary/aromatic N) is 3. The highest BCUT2D eigenvalue weighted by Crippen LogP contribution is 2.24. The van der Waals surface area contributed by atoms with Crippen molar-refractivity contribution in [1.82, 2.24) is 19.3 Å². The summed E-state index contributed by atoms with van der Waals surface area (Å²) in [7, 11) is 0. The smallest absolute Gasteiger partial charge is 0.246 e. The monoisotopic (exact) mass is 340 g/mol. The number of thiazole rings is 1. The van der Waals surface area contributed by atoms with Crippen molar-refractivity contribution in [2.45, 2.75) is 6.92 Å². The summed E-state index contributed by atoms with van der Waals surface area (Å²) < 4.78 is 4.45. The zero-order valence-electron chi connectivity index (χ0n) is 12.2. The largest absolute Gasteiger partial charge is 0.347 e. The summed E-state index contributed by atoms with van der Waals surface area (Å²) in [5.41, 5.74) is 2.47. The molecule has 114 valence electrons. The van der Waals surface area contributed by atoms with Crippen LogP contribution >= 0.6 is 23.6 Å². The lowest BCUT2D eigenvalue weighted by molar-refractivity contribution is 0.845. The average Bonchev–Trinajstić information content (AvgIpc) is 3.09. The fraction of sp³-hybridized carbons (Fsp3) is 0.0625. The van der Waals surface area contributed by atoms with Gasteiger partial charge in [-0.05, 0) is 43.4 Å². The molecule has 0 radical (unpaired) electrons. The van der Waals surface area contributed by atoms with Crippen LogP contribution in [0.15, 0.2) is 53.3 Å². The maximum absolute atomic E-state index is 12.3. The van der Waals surface area contributed by atoms with Gasteiger partial charge < -0.3 is 0 Å². The molecule has 4 aromatic rings. The molecular formula is C16H12N4OS2. The van der Waals surface area contributed by atoms with Crippen LogP contribution in [0.4, 0.5) is 0 Å². The van der Waals surface area contributed by atoms with Crippen LogP contribution in [0.1, 0.15) is 5.56 Å². The topological polar surface area (TPSA) is 55.6 Å². The van der Waals surface area contributed by atoms with Crippen molar-refractivity contribution in [3.05, 3.63) is 69.3 Å². The van der Waals surface area contributed by atoms with Gasteiger partial charge in [0, 0.05) is 0 Å². The Kier molecular flexibility index (Phi) is 3.24. The van der Waals surface area contributed by atoms with Crippen molar-refractivity contribution in [3.8, 4) is 10.8 Å². The lowest BCUT2D eigenvalue weighted by atomic mass is 10.2. The molecule has 0 atom stereocenters. The summed E-state index contributed by atoms with van der Waals surface area (Å²) in [6.07, 6.45) is 0. The van der Waals surface area contributed by atoms with E-state index in [0.29, 0.717) is 9.90 Å². The summed E-state index contributed by atoms with van der Waals surface area (Å²) >= 11 is 6.96. The quantitative estimate of drug-likeness (QED) is 0.567. The number of aromatic nitrogens is 4. The molecule has 7 heteroatoms. The molecule has 0 aliphatic carbocycles. The number of benzene rings is 2. The number of nitrogens with one attached hydrogen (secondary N) is 1. The van der Waals surface area contributed by atoms with E-state index < -0.39 is 0 Å². The molecule has 2 aromatic heterocycles. The molecule has 0 bridgehead atoms. The highest BCUT2D eigenvalue weighted by atomic mass is 32.1. The molecule has 1 N–H and O–H groups in total. The predicted molar refractivity (Wildman–Crippen MR) is 94.5 cm³/mol. The number of hydrogen-bond donors (Lipinski definition) is 1. The Hall–Kier alpha value is -2.51. The summed E-state index contributed by atoms with van der Waals surface area (Å²) in [5.74, 6) is 0. The van der Waals surface area contributed by atoms with Crippen molar-refractivity contribution in [2.75, 3.05) is 0 Å². The Labute approximate surface area is 140 Å². The van der Waals surface area contributed by atoms with Crippen LogP contribution in [0.3, 0.4) is 0 Å². The van der Waals surface area contributed by atoms with Crippen LogP contribution in [0, 0.1) is 11.7 Å². The third-order valence-corrected chi connectivity index (χ3v) is 4.95. The molecule has 0 amide bonds. The van der Waals surface area contributed by atoms with Crippen LogP contribution in [-0.2, 0) is 0 Å². The van der Waals surface area contributed by atoms with Gasteiger partial charge >= 0.3 is 5.69 Å². The first-order valence-electron chi connectivity index (χ1n) is 7.00. The van der Waals surface area contributed by atoms with Crippen molar-refractivity contribution in [2.24, 2.45) is 0 Å². The Morgan fingerprint density at radius 3 is 2.61 bits per heavy atom. The molecule has 23 heavy (non-hydrogen) atoms. The lowest BCUT2D eigenvalue weighted by Gasteiger charge is -2.01. The highest BCUT2D eigenvalue weighted by molar-refractivity contribution is 7.71. The minimum Gasteiger partial charge on any atom is -0.246 e. The molecule has 5 nitrogen and oxygen atoms in total. The normalized spacial score (nSPS) is 11.2. The number of rotatable bonds is 2. The number of aromatic amines is 1. The van der Waals surface area contributed by atoms with Crippen molar-refractivity contribution < 1.29 is 0 Å². The predicted octanol–water partition coefficient (Wildman–Crippen LogP) is 3.60. The molecule has 4 rings (SSSR count). The van der Waals surface area contributed by atoms with E-state index in [-0.39, 0.29) is 5.69 Å². The zero-order valence-corrected chi connectivity index (χ0v) is 13.8. The van der Waals surface area contributed by atoms with E-state index in [1.54, 1.807) is 4.68 Å². The van der Waals surface area contributed by atoms with Crippen LogP contribution in [0.25, 0.3) is 21.0 Å². The summed E-state index contributed by atoms with van der Waals surface area (Å²) in [5, 5.41) is 3.42. The standard InChI is InChI=1S/C16H12N4OS2/c1-10-6-8-11(9-7-10)19-14(21)18-20(16(19)22)15-17-12-4-2-3-5-13(12)23-15/h2-9H,1H3,(H,18,21). The summed E-state index contributed by atoms with van der Waals surface area (Å²) in [6.45, 7) is 2.00. The van der Waals surface area contributed by atoms with Gasteiger partial charge in [0.1, 0.15) is 0 Å². The first kappa shape index (κ1) is 14.1. The Balaban J connectivity index is 1.91. The molecule has 0 spiro atoms. The Bertz CT molecular complexity index is 1080. The van der Waals surface area contributed by atoms with Gasteiger partial charge in [-0.2, -0.15) is 4.68 Å². The van der Waals surface area contributed by atoms with Gasteiger partial charge in [0.15, 0.2) is 0 Å². The minimum atomic E-state index is -0.280. The van der Waals surface area contributed by atoms with E-state index in [9.17, 15) is 4.79 Å². The molecule has 2 heterocycles. The summed E-state index contributed by atoms with van der Waals surface area (Å²) in [6, 6.07) is 15.5. The summed E-state index contributed by atoms with van der Waals surface area (Å²) in [4.78, 5) is 16.9. The van der Waals surface area contributed by atoms with E-state index >= 15 is 0 Å². The Morgan fingerprint density at radius 1 is 1.13 bits per heavy atom. The number of aryl methyl sites for hydroxylation is 1. The molecule has 0 aliphatic heterocycles. The molecule has 0 unspecified atom stereocenters. The average molecular weight is 340 g/mol. The first-order chi connectivity index (χ1) is 11.1. The maximum Gasteiger partial charge on any atom is 0.347 e. The van der Waals surface area contributed by atoms with E-state index in [0.717, 1.165) is 21.5 Å². The SMILES string of the molecule is Cc1ccc(-n2c(=O)[nH]n(-c3nc4ccccc4s3)c2=S)cc1. The van der Waals surface area contributed by atoms with Gasteiger partial charge in [-0.1, -0.05) is 41.2 Å². The minimum absolute atomic E-state index is 0.280. The van der Waals surface area contributed by atoms with E-state index in [2.05, 4.69) is 10.1 Å². The first-order valence-corrected chi connectivity index (χ1v) is 8.23. The fourth-order valence-electron chi connectivity index (χ4n) is 2.39. The lowest BCUT2D eigenvalue weighted by Crippen LogP contribution is -2.14. The second kappa shape index (κ2) is 5.29. The van der Waals surface area contributed by atoms with Gasteiger partial charge in [-0.25, -0.2) is 19.4 Å². The Morgan fingerprint density at radius 2 is 1.87 bits per heavy atom. The molecular weight excluding hydrogens is 328 g/mol. The van der Waals surface area contributed by atoms with Crippen LogP contribution in [0.5, 0.6) is 0 Å². The molecule has 0 saturated carbocycles. The maximum atomic E-state index is 12.3. The molecule has 0 saturated heterocycles. The zero-order chi connectivity index (χ0) is 16.0. The van der Waals surface area contributed by atoms with Crippen molar-refractivity contribution in [1.29, 1.82) is 0 Å². The molecule has 0 aliphatic rings. The van der Waals surface area contributed by atoms with Crippen LogP contribution < -0.4 is 5.69 Å². The highest BCUT2D eigenvalue weighted by Gasteiger charge is 2.12. The van der Waals surface area contributed by atoms with Gasteiger partial charge in [-0.15, -0.1) is 0 Å². The van der Waals surface area contributed by atoms with Crippen LogP contribution in [-0.4, -0.2) is 19.3 Å². The molecule has 0 fully saturated rings.